The molecule has 3 heteroatoms. The molecule has 96 valence electrons. The van der Waals surface area contributed by atoms with Crippen LogP contribution in [0.25, 0.3) is 0 Å². The molecule has 18 heavy (non-hydrogen) atoms. The second kappa shape index (κ2) is 5.01. The third-order valence-corrected chi connectivity index (χ3v) is 3.74. The van der Waals surface area contributed by atoms with Gasteiger partial charge in [0.15, 0.2) is 0 Å². The van der Waals surface area contributed by atoms with Crippen LogP contribution < -0.4 is 0 Å². The van der Waals surface area contributed by atoms with Crippen molar-refractivity contribution in [3.05, 3.63) is 29.6 Å². The molecule has 2 rings (SSSR count). The van der Waals surface area contributed by atoms with Crippen LogP contribution in [0, 0.1) is 18.8 Å². The van der Waals surface area contributed by atoms with Crippen LogP contribution in [0.4, 0.5) is 0 Å². The van der Waals surface area contributed by atoms with Gasteiger partial charge in [-0.3, -0.25) is 14.6 Å². The van der Waals surface area contributed by atoms with E-state index in [9.17, 15) is 9.59 Å². The first-order chi connectivity index (χ1) is 8.49. The number of rotatable bonds is 2. The lowest BCUT2D eigenvalue weighted by atomic mass is 9.74. The molecule has 1 heterocycles. The highest BCUT2D eigenvalue weighted by molar-refractivity contribution is 6.09. The summed E-state index contributed by atoms with van der Waals surface area (Å²) < 4.78 is 0. The van der Waals surface area contributed by atoms with Crippen molar-refractivity contribution in [3.63, 3.8) is 0 Å². The fourth-order valence-electron chi connectivity index (χ4n) is 2.46. The van der Waals surface area contributed by atoms with Crippen LogP contribution in [-0.4, -0.2) is 16.6 Å². The summed E-state index contributed by atoms with van der Waals surface area (Å²) in [5.41, 5.74) is 1.65. The Morgan fingerprint density at radius 3 is 2.22 bits per heavy atom. The molecule has 0 spiro atoms. The number of Topliss-reactive ketones (excluding diaryl/α,β-unsaturated/α-hetero) is 2. The van der Waals surface area contributed by atoms with Gasteiger partial charge in [-0.1, -0.05) is 19.9 Å². The fraction of sp³-hybridized carbons (Fsp3) is 0.533. The third-order valence-electron chi connectivity index (χ3n) is 3.74. The van der Waals surface area contributed by atoms with E-state index in [-0.39, 0.29) is 17.5 Å². The number of hydrogen-bond donors (Lipinski definition) is 0. The van der Waals surface area contributed by atoms with Gasteiger partial charge in [0.25, 0.3) is 0 Å². The van der Waals surface area contributed by atoms with Gasteiger partial charge in [-0.15, -0.1) is 0 Å². The van der Waals surface area contributed by atoms with Crippen molar-refractivity contribution >= 4 is 11.6 Å². The molecule has 0 amide bonds. The standard InChI is InChI=1S/C15H19NO2/c1-9(2)11-6-13(17)15(14(18)7-11)12-5-4-10(3)8-16-12/h4-5,8-9,11,15H,6-7H2,1-3H3. The van der Waals surface area contributed by atoms with Crippen LogP contribution in [0.3, 0.4) is 0 Å². The Morgan fingerprint density at radius 2 is 1.78 bits per heavy atom. The predicted octanol–water partition coefficient (Wildman–Crippen LogP) is 2.68. The molecular formula is C15H19NO2. The SMILES string of the molecule is Cc1ccc(C2C(=O)CC(C(C)C)CC2=O)nc1. The van der Waals surface area contributed by atoms with Crippen LogP contribution in [0.1, 0.15) is 43.9 Å². The van der Waals surface area contributed by atoms with E-state index in [4.69, 9.17) is 0 Å². The molecule has 1 aliphatic carbocycles. The maximum Gasteiger partial charge on any atom is 0.149 e. The van der Waals surface area contributed by atoms with Gasteiger partial charge >= 0.3 is 0 Å². The van der Waals surface area contributed by atoms with Gasteiger partial charge in [0, 0.05) is 19.0 Å². The summed E-state index contributed by atoms with van der Waals surface area (Å²) in [5, 5.41) is 0. The molecule has 1 fully saturated rings. The van der Waals surface area contributed by atoms with Gasteiger partial charge in [0.1, 0.15) is 17.5 Å². The van der Waals surface area contributed by atoms with Crippen molar-refractivity contribution in [3.8, 4) is 0 Å². The topological polar surface area (TPSA) is 47.0 Å². The molecule has 1 aliphatic rings. The predicted molar refractivity (Wildman–Crippen MR) is 69.3 cm³/mol. The molecule has 1 aromatic heterocycles. The smallest absolute Gasteiger partial charge is 0.149 e. The molecule has 0 radical (unpaired) electrons. The number of nitrogens with zero attached hydrogens (tertiary/aromatic N) is 1. The number of aryl methyl sites for hydroxylation is 1. The van der Waals surface area contributed by atoms with Gasteiger partial charge in [0.05, 0.1) is 5.69 Å². The molecule has 0 atom stereocenters. The fourth-order valence-corrected chi connectivity index (χ4v) is 2.46. The summed E-state index contributed by atoms with van der Waals surface area (Å²) in [5.74, 6) is 0.0136. The van der Waals surface area contributed by atoms with Crippen molar-refractivity contribution in [1.29, 1.82) is 0 Å². The lowest BCUT2D eigenvalue weighted by molar-refractivity contribution is -0.134. The maximum atomic E-state index is 12.1. The lowest BCUT2D eigenvalue weighted by Crippen LogP contribution is -2.34. The second-order valence-corrected chi connectivity index (χ2v) is 5.54. The van der Waals surface area contributed by atoms with Crippen molar-refractivity contribution in [2.75, 3.05) is 0 Å². The van der Waals surface area contributed by atoms with Gasteiger partial charge in [-0.05, 0) is 30.4 Å². The van der Waals surface area contributed by atoms with Crippen molar-refractivity contribution < 1.29 is 9.59 Å². The zero-order valence-electron chi connectivity index (χ0n) is 11.1. The van der Waals surface area contributed by atoms with Crippen LogP contribution in [0.5, 0.6) is 0 Å². The summed E-state index contributed by atoms with van der Waals surface area (Å²) in [6, 6.07) is 3.70. The van der Waals surface area contributed by atoms with Crippen LogP contribution in [0.2, 0.25) is 0 Å². The zero-order chi connectivity index (χ0) is 13.3. The Balaban J connectivity index is 2.22. The van der Waals surface area contributed by atoms with E-state index in [1.54, 1.807) is 12.3 Å². The number of aromatic nitrogens is 1. The van der Waals surface area contributed by atoms with Gasteiger partial charge in [0.2, 0.25) is 0 Å². The highest BCUT2D eigenvalue weighted by Crippen LogP contribution is 2.33. The highest BCUT2D eigenvalue weighted by atomic mass is 16.2. The first kappa shape index (κ1) is 12.9. The molecule has 0 N–H and O–H groups in total. The summed E-state index contributed by atoms with van der Waals surface area (Å²) >= 11 is 0. The number of hydrogen-bond acceptors (Lipinski definition) is 3. The average molecular weight is 245 g/mol. The Bertz CT molecular complexity index is 444. The maximum absolute atomic E-state index is 12.1. The molecule has 3 nitrogen and oxygen atoms in total. The summed E-state index contributed by atoms with van der Waals surface area (Å²) in [6.07, 6.45) is 2.72. The Kier molecular flexibility index (Phi) is 3.60. The molecule has 0 aliphatic heterocycles. The summed E-state index contributed by atoms with van der Waals surface area (Å²) in [7, 11) is 0. The molecule has 0 bridgehead atoms. The molecule has 0 unspecified atom stereocenters. The largest absolute Gasteiger partial charge is 0.298 e. The Labute approximate surface area is 108 Å². The molecular weight excluding hydrogens is 226 g/mol. The van der Waals surface area contributed by atoms with Crippen molar-refractivity contribution in [2.24, 2.45) is 11.8 Å². The minimum Gasteiger partial charge on any atom is -0.298 e. The minimum absolute atomic E-state index is 0.0290. The third kappa shape index (κ3) is 2.50. The van der Waals surface area contributed by atoms with Gasteiger partial charge in [-0.25, -0.2) is 0 Å². The Morgan fingerprint density at radius 1 is 1.17 bits per heavy atom. The van der Waals surface area contributed by atoms with E-state index in [1.807, 2.05) is 13.0 Å². The second-order valence-electron chi connectivity index (χ2n) is 5.54. The number of pyridine rings is 1. The first-order valence-corrected chi connectivity index (χ1v) is 6.47. The summed E-state index contributed by atoms with van der Waals surface area (Å²) in [4.78, 5) is 28.5. The summed E-state index contributed by atoms with van der Waals surface area (Å²) in [6.45, 7) is 6.07. The first-order valence-electron chi connectivity index (χ1n) is 6.47. The van der Waals surface area contributed by atoms with Crippen LogP contribution in [0.15, 0.2) is 18.3 Å². The quantitative estimate of drug-likeness (QED) is 0.753. The van der Waals surface area contributed by atoms with Crippen molar-refractivity contribution in [1.82, 2.24) is 4.98 Å². The van der Waals surface area contributed by atoms with E-state index < -0.39 is 5.92 Å². The van der Waals surface area contributed by atoms with E-state index in [0.717, 1.165) is 5.56 Å². The van der Waals surface area contributed by atoms with Gasteiger partial charge < -0.3 is 0 Å². The van der Waals surface area contributed by atoms with E-state index >= 15 is 0 Å². The Hall–Kier alpha value is -1.51. The van der Waals surface area contributed by atoms with Crippen molar-refractivity contribution in [2.45, 2.75) is 39.5 Å². The molecule has 1 aromatic rings. The molecule has 0 saturated heterocycles. The molecule has 0 aromatic carbocycles. The highest BCUT2D eigenvalue weighted by Gasteiger charge is 2.37. The lowest BCUT2D eigenvalue weighted by Gasteiger charge is -2.28. The van der Waals surface area contributed by atoms with E-state index in [0.29, 0.717) is 24.5 Å². The van der Waals surface area contributed by atoms with Crippen LogP contribution >= 0.6 is 0 Å². The zero-order valence-corrected chi connectivity index (χ0v) is 11.1. The van der Waals surface area contributed by atoms with E-state index in [1.165, 1.54) is 0 Å². The van der Waals surface area contributed by atoms with Crippen LogP contribution in [-0.2, 0) is 9.59 Å². The number of carbonyl (C=O) groups is 2. The monoisotopic (exact) mass is 245 g/mol. The average Bonchev–Trinajstić information content (AvgIpc) is 2.30. The normalized spacial score (nSPS) is 24.7. The van der Waals surface area contributed by atoms with Gasteiger partial charge in [-0.2, -0.15) is 0 Å². The minimum atomic E-state index is -0.624. The number of ketones is 2. The molecule has 1 saturated carbocycles. The van der Waals surface area contributed by atoms with E-state index in [2.05, 4.69) is 18.8 Å². The number of carbonyl (C=O) groups excluding carboxylic acids is 2.